The second-order valence-corrected chi connectivity index (χ2v) is 5.19. The number of hydrogen-bond acceptors (Lipinski definition) is 2. The Morgan fingerprint density at radius 1 is 1.16 bits per heavy atom. The molecule has 100 valence electrons. The van der Waals surface area contributed by atoms with Crippen LogP contribution in [0.25, 0.3) is 0 Å². The van der Waals surface area contributed by atoms with Crippen molar-refractivity contribution in [1.82, 2.24) is 0 Å². The van der Waals surface area contributed by atoms with Gasteiger partial charge in [-0.05, 0) is 30.2 Å². The minimum absolute atomic E-state index is 0.540. The molecule has 0 aliphatic carbocycles. The third-order valence-corrected chi connectivity index (χ3v) is 3.48. The van der Waals surface area contributed by atoms with Gasteiger partial charge < -0.3 is 9.84 Å². The Kier molecular flexibility index (Phi) is 4.13. The first-order chi connectivity index (χ1) is 9.03. The molecule has 0 radical (unpaired) electrons. The first-order valence-electron chi connectivity index (χ1n) is 6.13. The fourth-order valence-electron chi connectivity index (χ4n) is 2.09. The molecule has 2 aromatic rings. The molecule has 2 aromatic carbocycles. The Morgan fingerprint density at radius 3 is 2.47 bits per heavy atom. The van der Waals surface area contributed by atoms with Gasteiger partial charge in [0.25, 0.3) is 0 Å². The summed E-state index contributed by atoms with van der Waals surface area (Å²) in [4.78, 5) is 0. The highest BCUT2D eigenvalue weighted by Gasteiger charge is 2.24. The third kappa shape index (κ3) is 3.28. The zero-order valence-corrected chi connectivity index (χ0v) is 11.8. The summed E-state index contributed by atoms with van der Waals surface area (Å²) in [5.74, 6) is 0.576. The topological polar surface area (TPSA) is 29.5 Å². The fourth-order valence-corrected chi connectivity index (χ4v) is 2.28. The Bertz CT molecular complexity index is 550. The van der Waals surface area contributed by atoms with E-state index in [1.165, 1.54) is 0 Å². The maximum Gasteiger partial charge on any atom is 0.137 e. The van der Waals surface area contributed by atoms with Crippen LogP contribution in [0.1, 0.15) is 18.1 Å². The lowest BCUT2D eigenvalue weighted by molar-refractivity contribution is 0.0574. The van der Waals surface area contributed by atoms with Crippen molar-refractivity contribution in [3.8, 4) is 5.75 Å². The molecule has 2 nitrogen and oxygen atoms in total. The predicted octanol–water partition coefficient (Wildman–Crippen LogP) is 3.80. The van der Waals surface area contributed by atoms with E-state index in [1.807, 2.05) is 36.4 Å². The highest BCUT2D eigenvalue weighted by atomic mass is 35.5. The lowest BCUT2D eigenvalue weighted by atomic mass is 9.89. The van der Waals surface area contributed by atoms with Crippen LogP contribution in [0.2, 0.25) is 5.02 Å². The zero-order valence-electron chi connectivity index (χ0n) is 11.1. The van der Waals surface area contributed by atoms with Crippen molar-refractivity contribution < 1.29 is 9.84 Å². The summed E-state index contributed by atoms with van der Waals surface area (Å²) >= 11 is 6.00. The molecule has 0 bridgehead atoms. The van der Waals surface area contributed by atoms with E-state index in [4.69, 9.17) is 16.3 Å². The molecule has 0 aliphatic heterocycles. The number of halogens is 1. The van der Waals surface area contributed by atoms with Gasteiger partial charge in [0.05, 0.1) is 17.7 Å². The normalized spacial score (nSPS) is 13.9. The van der Waals surface area contributed by atoms with E-state index in [-0.39, 0.29) is 0 Å². The molecule has 19 heavy (non-hydrogen) atoms. The molecule has 0 spiro atoms. The van der Waals surface area contributed by atoms with Gasteiger partial charge in [-0.2, -0.15) is 0 Å². The molecular weight excluding hydrogens is 260 g/mol. The molecule has 0 aliphatic rings. The van der Waals surface area contributed by atoms with Crippen LogP contribution in [0, 0.1) is 0 Å². The predicted molar refractivity (Wildman–Crippen MR) is 77.7 cm³/mol. The maximum atomic E-state index is 10.7. The minimum Gasteiger partial charge on any atom is -0.495 e. The number of ether oxygens (including phenoxy) is 1. The van der Waals surface area contributed by atoms with Gasteiger partial charge in [-0.3, -0.25) is 0 Å². The summed E-state index contributed by atoms with van der Waals surface area (Å²) in [7, 11) is 1.57. The van der Waals surface area contributed by atoms with Gasteiger partial charge in [-0.15, -0.1) is 0 Å². The van der Waals surface area contributed by atoms with E-state index in [2.05, 4.69) is 0 Å². The van der Waals surface area contributed by atoms with Crippen LogP contribution >= 0.6 is 11.6 Å². The zero-order chi connectivity index (χ0) is 13.9. The molecule has 0 heterocycles. The van der Waals surface area contributed by atoms with Gasteiger partial charge >= 0.3 is 0 Å². The lowest BCUT2D eigenvalue weighted by Gasteiger charge is -2.24. The molecular formula is C16H17ClO2. The van der Waals surface area contributed by atoms with E-state index < -0.39 is 5.60 Å². The molecule has 0 saturated carbocycles. The van der Waals surface area contributed by atoms with Crippen molar-refractivity contribution in [2.24, 2.45) is 0 Å². The van der Waals surface area contributed by atoms with Crippen molar-refractivity contribution >= 4 is 11.6 Å². The molecule has 2 rings (SSSR count). The average molecular weight is 277 g/mol. The summed E-state index contributed by atoms with van der Waals surface area (Å²) < 4.78 is 5.19. The largest absolute Gasteiger partial charge is 0.495 e. The van der Waals surface area contributed by atoms with Crippen molar-refractivity contribution in [2.45, 2.75) is 18.9 Å². The molecule has 1 unspecified atom stereocenters. The fraction of sp³-hybridized carbons (Fsp3) is 0.250. The number of rotatable bonds is 4. The number of aliphatic hydroxyl groups is 1. The Balaban J connectivity index is 2.28. The SMILES string of the molecule is COc1cc(C(C)(O)Cc2ccccc2)ccc1Cl. The molecule has 3 heteroatoms. The monoisotopic (exact) mass is 276 g/mol. The second kappa shape index (κ2) is 5.64. The Hall–Kier alpha value is -1.51. The van der Waals surface area contributed by atoms with Crippen molar-refractivity contribution in [2.75, 3.05) is 7.11 Å². The van der Waals surface area contributed by atoms with Gasteiger partial charge in [0.2, 0.25) is 0 Å². The summed E-state index contributed by atoms with van der Waals surface area (Å²) in [5.41, 5.74) is 0.915. The summed E-state index contributed by atoms with van der Waals surface area (Å²) in [6.45, 7) is 1.79. The third-order valence-electron chi connectivity index (χ3n) is 3.16. The number of methoxy groups -OCH3 is 1. The second-order valence-electron chi connectivity index (χ2n) is 4.79. The van der Waals surface area contributed by atoms with Crippen LogP contribution in [0.4, 0.5) is 0 Å². The van der Waals surface area contributed by atoms with Crippen LogP contribution in [0.3, 0.4) is 0 Å². The Morgan fingerprint density at radius 2 is 1.84 bits per heavy atom. The van der Waals surface area contributed by atoms with Crippen LogP contribution in [0.5, 0.6) is 5.75 Å². The van der Waals surface area contributed by atoms with Crippen LogP contribution < -0.4 is 4.74 Å². The van der Waals surface area contributed by atoms with Crippen molar-refractivity contribution in [3.05, 3.63) is 64.7 Å². The average Bonchev–Trinajstić information content (AvgIpc) is 2.39. The smallest absolute Gasteiger partial charge is 0.137 e. The first kappa shape index (κ1) is 13.9. The molecule has 0 amide bonds. The van der Waals surface area contributed by atoms with E-state index in [9.17, 15) is 5.11 Å². The standard InChI is InChI=1S/C16H17ClO2/c1-16(18,11-12-6-4-3-5-7-12)13-8-9-14(17)15(10-13)19-2/h3-10,18H,11H2,1-2H3. The number of benzene rings is 2. The maximum absolute atomic E-state index is 10.7. The van der Waals surface area contributed by atoms with Gasteiger partial charge in [0.1, 0.15) is 5.75 Å². The molecule has 0 saturated heterocycles. The van der Waals surface area contributed by atoms with Gasteiger partial charge in [-0.1, -0.05) is 48.0 Å². The minimum atomic E-state index is -0.959. The van der Waals surface area contributed by atoms with E-state index in [0.29, 0.717) is 17.2 Å². The van der Waals surface area contributed by atoms with Crippen LogP contribution in [-0.4, -0.2) is 12.2 Å². The van der Waals surface area contributed by atoms with Gasteiger partial charge in [0, 0.05) is 6.42 Å². The molecule has 0 aromatic heterocycles. The first-order valence-corrected chi connectivity index (χ1v) is 6.51. The summed E-state index contributed by atoms with van der Waals surface area (Å²) in [6, 6.07) is 15.3. The van der Waals surface area contributed by atoms with E-state index in [1.54, 1.807) is 26.2 Å². The van der Waals surface area contributed by atoms with Crippen LogP contribution in [-0.2, 0) is 12.0 Å². The summed E-state index contributed by atoms with van der Waals surface area (Å²) in [5, 5.41) is 11.2. The molecule has 0 fully saturated rings. The van der Waals surface area contributed by atoms with Gasteiger partial charge in [0.15, 0.2) is 0 Å². The molecule has 1 atom stereocenters. The van der Waals surface area contributed by atoms with Crippen LogP contribution in [0.15, 0.2) is 48.5 Å². The van der Waals surface area contributed by atoms with Crippen molar-refractivity contribution in [1.29, 1.82) is 0 Å². The van der Waals surface area contributed by atoms with Gasteiger partial charge in [-0.25, -0.2) is 0 Å². The Labute approximate surface area is 118 Å². The quantitative estimate of drug-likeness (QED) is 0.920. The van der Waals surface area contributed by atoms with E-state index >= 15 is 0 Å². The highest BCUT2D eigenvalue weighted by Crippen LogP contribution is 2.32. The van der Waals surface area contributed by atoms with E-state index in [0.717, 1.165) is 11.1 Å². The summed E-state index contributed by atoms with van der Waals surface area (Å²) in [6.07, 6.45) is 0.540. The highest BCUT2D eigenvalue weighted by molar-refractivity contribution is 6.32. The lowest BCUT2D eigenvalue weighted by Crippen LogP contribution is -2.24. The molecule has 1 N–H and O–H groups in total. The van der Waals surface area contributed by atoms with Crippen molar-refractivity contribution in [3.63, 3.8) is 0 Å². The number of hydrogen-bond donors (Lipinski definition) is 1.